The summed E-state index contributed by atoms with van der Waals surface area (Å²) >= 11 is 0. The zero-order valence-electron chi connectivity index (χ0n) is 32.3. The van der Waals surface area contributed by atoms with Crippen molar-refractivity contribution in [3.8, 4) is 0 Å². The van der Waals surface area contributed by atoms with E-state index in [-0.39, 0.29) is 42.5 Å². The molecule has 14 nitrogen and oxygen atoms in total. The van der Waals surface area contributed by atoms with Gasteiger partial charge in [-0.25, -0.2) is 14.4 Å². The Labute approximate surface area is 321 Å². The fourth-order valence-corrected chi connectivity index (χ4v) is 8.90. The van der Waals surface area contributed by atoms with Crippen LogP contribution in [-0.2, 0) is 39.0 Å². The minimum absolute atomic E-state index is 0.0271. The van der Waals surface area contributed by atoms with Crippen molar-refractivity contribution in [1.29, 1.82) is 0 Å². The van der Waals surface area contributed by atoms with E-state index in [9.17, 15) is 24.0 Å². The summed E-state index contributed by atoms with van der Waals surface area (Å²) in [4.78, 5) is 74.1. The van der Waals surface area contributed by atoms with Crippen molar-refractivity contribution in [2.45, 2.75) is 102 Å². The molecule has 0 radical (unpaired) electrons. The largest absolute Gasteiger partial charge is 0.465 e. The van der Waals surface area contributed by atoms with Gasteiger partial charge in [-0.05, 0) is 93.7 Å². The zero-order valence-corrected chi connectivity index (χ0v) is 32.3. The number of rotatable bonds is 10. The molecule has 2 aromatic carbocycles. The molecule has 296 valence electrons. The number of nitrogens with one attached hydrogen (secondary N) is 1. The van der Waals surface area contributed by atoms with Crippen molar-refractivity contribution in [3.05, 3.63) is 63.6 Å². The Morgan fingerprint density at radius 2 is 1.65 bits per heavy atom. The third-order valence-electron chi connectivity index (χ3n) is 11.9. The van der Waals surface area contributed by atoms with Crippen LogP contribution in [-0.4, -0.2) is 118 Å². The van der Waals surface area contributed by atoms with Gasteiger partial charge in [-0.15, -0.1) is 0 Å². The highest BCUT2D eigenvalue weighted by Crippen LogP contribution is 2.29. The number of carbonyl (C=O) groups is 4. The van der Waals surface area contributed by atoms with E-state index in [2.05, 4.69) is 17.1 Å². The number of likely N-dealkylation sites (tertiary alicyclic amines) is 3. The molecule has 1 aromatic heterocycles. The van der Waals surface area contributed by atoms with E-state index >= 15 is 0 Å². The second-order valence-corrected chi connectivity index (χ2v) is 15.5. The van der Waals surface area contributed by atoms with E-state index in [0.29, 0.717) is 81.7 Å². The Kier molecular flexibility index (Phi) is 11.8. The monoisotopic (exact) mass is 758 g/mol. The number of oxazole rings is 1. The molecule has 3 fully saturated rings. The molecule has 1 N–H and O–H groups in total. The fourth-order valence-electron chi connectivity index (χ4n) is 8.90. The minimum Gasteiger partial charge on any atom is -0.465 e. The van der Waals surface area contributed by atoms with Crippen LogP contribution in [0.3, 0.4) is 0 Å². The molecule has 4 amide bonds. The van der Waals surface area contributed by atoms with Crippen molar-refractivity contribution in [1.82, 2.24) is 24.2 Å². The molecular formula is C41H54N6O8. The first-order valence-corrected chi connectivity index (χ1v) is 20.0. The summed E-state index contributed by atoms with van der Waals surface area (Å²) in [5.74, 6) is -0.897. The number of aryl methyl sites for hydroxylation is 2. The van der Waals surface area contributed by atoms with Gasteiger partial charge in [-0.1, -0.05) is 37.6 Å². The maximum atomic E-state index is 14.3. The van der Waals surface area contributed by atoms with Crippen LogP contribution in [0.25, 0.3) is 11.1 Å². The number of carbonyl (C=O) groups excluding carboxylic acids is 4. The quantitative estimate of drug-likeness (QED) is 0.227. The van der Waals surface area contributed by atoms with Crippen LogP contribution in [0.4, 0.5) is 15.3 Å². The van der Waals surface area contributed by atoms with Gasteiger partial charge in [-0.3, -0.25) is 19.1 Å². The van der Waals surface area contributed by atoms with Gasteiger partial charge in [0, 0.05) is 64.0 Å². The number of ether oxygens (including phenoxy) is 2. The maximum absolute atomic E-state index is 14.3. The number of hydrogen-bond acceptors (Lipinski definition) is 9. The van der Waals surface area contributed by atoms with Crippen LogP contribution < -0.4 is 11.1 Å². The highest BCUT2D eigenvalue weighted by atomic mass is 16.6. The lowest BCUT2D eigenvalue weighted by Gasteiger charge is -2.40. The standard InChI is InChI=1S/C41H54N6O8/c1-4-5-23-53-38(49)33-11-8-17-46(33)30-13-18-44(19-14-30)37(48)35(26-28-24-27(2)36-34(25-28)54-40(51)43(36)3)55-41(52)45-20-15-31(16-21-45)47-22-12-29-9-6-7-10-32(29)42-39(47)50/h6-7,9-10,24-25,30-31,33,35H,4-5,8,11-23,26H2,1-3H3,(H,42,50)/t33-,35-/m1/s1. The number of piperidine rings is 2. The van der Waals surface area contributed by atoms with Gasteiger partial charge >= 0.3 is 23.8 Å². The molecule has 3 saturated heterocycles. The second-order valence-electron chi connectivity index (χ2n) is 15.5. The topological polar surface area (TPSA) is 147 Å². The summed E-state index contributed by atoms with van der Waals surface area (Å²) < 4.78 is 18.6. The number of urea groups is 1. The summed E-state index contributed by atoms with van der Waals surface area (Å²) in [6, 6.07) is 11.2. The first kappa shape index (κ1) is 38.4. The van der Waals surface area contributed by atoms with Crippen molar-refractivity contribution in [2.75, 3.05) is 51.2 Å². The number of para-hydroxylation sites is 1. The Balaban J connectivity index is 1.01. The molecular weight excluding hydrogens is 704 g/mol. The lowest BCUT2D eigenvalue weighted by Crippen LogP contribution is -2.53. The number of esters is 1. The molecule has 3 aromatic rings. The highest BCUT2D eigenvalue weighted by Gasteiger charge is 2.40. The molecule has 4 aliphatic rings. The molecule has 0 unspecified atom stereocenters. The van der Waals surface area contributed by atoms with Crippen molar-refractivity contribution in [2.24, 2.45) is 7.05 Å². The van der Waals surface area contributed by atoms with E-state index in [1.54, 1.807) is 22.9 Å². The third kappa shape index (κ3) is 8.39. The number of unbranched alkanes of at least 4 members (excludes halogenated alkanes) is 1. The van der Waals surface area contributed by atoms with E-state index in [1.165, 1.54) is 4.57 Å². The molecule has 0 aliphatic carbocycles. The normalized spacial score (nSPS) is 20.6. The summed E-state index contributed by atoms with van der Waals surface area (Å²) in [5.41, 5.74) is 4.56. The number of aromatic nitrogens is 1. The number of nitrogens with zero attached hydrogens (tertiary/aromatic N) is 5. The van der Waals surface area contributed by atoms with Gasteiger partial charge in [-0.2, -0.15) is 0 Å². The predicted molar refractivity (Wildman–Crippen MR) is 206 cm³/mol. The molecule has 4 aliphatic heterocycles. The van der Waals surface area contributed by atoms with E-state index < -0.39 is 18.0 Å². The number of hydrogen-bond donors (Lipinski definition) is 1. The van der Waals surface area contributed by atoms with E-state index in [1.807, 2.05) is 42.2 Å². The fraction of sp³-hybridized carbons (Fsp3) is 0.585. The van der Waals surface area contributed by atoms with Crippen LogP contribution in [0, 0.1) is 6.92 Å². The lowest BCUT2D eigenvalue weighted by molar-refractivity contribution is -0.151. The smallest absolute Gasteiger partial charge is 0.419 e. The summed E-state index contributed by atoms with van der Waals surface area (Å²) in [7, 11) is 1.65. The van der Waals surface area contributed by atoms with Crippen LogP contribution >= 0.6 is 0 Å². The van der Waals surface area contributed by atoms with Gasteiger partial charge in [0.05, 0.1) is 12.1 Å². The predicted octanol–water partition coefficient (Wildman–Crippen LogP) is 4.84. The van der Waals surface area contributed by atoms with Gasteiger partial charge in [0.1, 0.15) is 6.04 Å². The van der Waals surface area contributed by atoms with Gasteiger partial charge < -0.3 is 33.9 Å². The Hall–Kier alpha value is -4.85. The van der Waals surface area contributed by atoms with E-state index in [0.717, 1.165) is 55.5 Å². The molecule has 55 heavy (non-hydrogen) atoms. The van der Waals surface area contributed by atoms with Crippen LogP contribution in [0.5, 0.6) is 0 Å². The maximum Gasteiger partial charge on any atom is 0.419 e. The van der Waals surface area contributed by atoms with E-state index in [4.69, 9.17) is 13.9 Å². The first-order chi connectivity index (χ1) is 26.6. The average Bonchev–Trinajstić information content (AvgIpc) is 3.74. The van der Waals surface area contributed by atoms with Crippen LogP contribution in [0.1, 0.15) is 75.0 Å². The Morgan fingerprint density at radius 3 is 2.42 bits per heavy atom. The molecule has 2 atom stereocenters. The summed E-state index contributed by atoms with van der Waals surface area (Å²) in [6.07, 6.45) is 5.33. The Morgan fingerprint density at radius 1 is 0.927 bits per heavy atom. The summed E-state index contributed by atoms with van der Waals surface area (Å²) in [6.45, 7) is 7.56. The van der Waals surface area contributed by atoms with Crippen molar-refractivity contribution in [3.63, 3.8) is 0 Å². The van der Waals surface area contributed by atoms with Crippen LogP contribution in [0.2, 0.25) is 0 Å². The molecule has 7 rings (SSSR count). The SMILES string of the molecule is CCCCOC(=O)[C@H]1CCCN1C1CCN(C(=O)[C@@H](Cc2cc(C)c3c(c2)oc(=O)n3C)OC(=O)N2CCC(N3CCc4ccccc4NC3=O)CC2)CC1. The molecule has 0 bridgehead atoms. The van der Waals surface area contributed by atoms with Crippen molar-refractivity contribution < 1.29 is 33.1 Å². The van der Waals surface area contributed by atoms with Crippen LogP contribution in [0.15, 0.2) is 45.6 Å². The zero-order chi connectivity index (χ0) is 38.6. The molecule has 5 heterocycles. The highest BCUT2D eigenvalue weighted by molar-refractivity contribution is 5.91. The lowest BCUT2D eigenvalue weighted by atomic mass is 9.99. The first-order valence-electron chi connectivity index (χ1n) is 20.0. The molecule has 0 spiro atoms. The third-order valence-corrected chi connectivity index (χ3v) is 11.9. The number of benzene rings is 2. The minimum atomic E-state index is -1.10. The second kappa shape index (κ2) is 16.9. The summed E-state index contributed by atoms with van der Waals surface area (Å²) in [5, 5.41) is 3.04. The molecule has 0 saturated carbocycles. The van der Waals surface area contributed by atoms with Crippen molar-refractivity contribution >= 4 is 40.8 Å². The van der Waals surface area contributed by atoms with Gasteiger partial charge in [0.25, 0.3) is 5.91 Å². The van der Waals surface area contributed by atoms with Gasteiger partial charge in [0.2, 0.25) is 0 Å². The number of amides is 4. The average molecular weight is 759 g/mol. The molecule has 14 heteroatoms. The Bertz CT molecular complexity index is 1940. The number of fused-ring (bicyclic) bond motifs is 2. The van der Waals surface area contributed by atoms with Gasteiger partial charge in [0.15, 0.2) is 11.7 Å². The number of anilines is 1.